The number of nitrogens with zero attached hydrogens (tertiary/aromatic N) is 4. The number of rotatable bonds is 6. The lowest BCUT2D eigenvalue weighted by Gasteiger charge is -2.22. The number of alkyl halides is 3. The second-order valence-electron chi connectivity index (χ2n) is 10.5. The second kappa shape index (κ2) is 9.82. The first-order chi connectivity index (χ1) is 16.5. The van der Waals surface area contributed by atoms with Crippen molar-refractivity contribution in [2.75, 3.05) is 17.2 Å². The molecule has 12 heteroatoms. The number of nitrogens with one attached hydrogen (secondary N) is 3. The maximum atomic E-state index is 13.2. The van der Waals surface area contributed by atoms with E-state index in [0.717, 1.165) is 12.1 Å². The van der Waals surface area contributed by atoms with Gasteiger partial charge in [0.1, 0.15) is 11.1 Å². The molecule has 1 atom stereocenters. The van der Waals surface area contributed by atoms with Crippen LogP contribution in [0.5, 0.6) is 0 Å². The van der Waals surface area contributed by atoms with Crippen molar-refractivity contribution in [2.24, 2.45) is 0 Å². The number of hydrogen-bond donors (Lipinski definition) is 3. The van der Waals surface area contributed by atoms with Gasteiger partial charge in [0, 0.05) is 17.8 Å². The summed E-state index contributed by atoms with van der Waals surface area (Å²) >= 11 is 0. The second-order valence-corrected chi connectivity index (χ2v) is 10.5. The number of alkyl carbamates (subject to hydrolysis) is 1. The Bertz CT molecular complexity index is 1230. The molecule has 0 aliphatic heterocycles. The third-order valence-electron chi connectivity index (χ3n) is 4.75. The molecule has 0 saturated heterocycles. The molecule has 0 spiro atoms. The number of ether oxygens (including phenoxy) is 1. The van der Waals surface area contributed by atoms with Crippen LogP contribution in [0.1, 0.15) is 60.1 Å². The van der Waals surface area contributed by atoms with Crippen LogP contribution in [0, 0.1) is 0 Å². The highest BCUT2D eigenvalue weighted by Gasteiger charge is 2.30. The molecule has 1 unspecified atom stereocenters. The maximum Gasteiger partial charge on any atom is 0.416 e. The monoisotopic (exact) mass is 507 g/mol. The number of benzene rings is 1. The van der Waals surface area contributed by atoms with E-state index in [-0.39, 0.29) is 23.7 Å². The van der Waals surface area contributed by atoms with Crippen LogP contribution in [0.2, 0.25) is 0 Å². The molecule has 0 fully saturated rings. The van der Waals surface area contributed by atoms with Gasteiger partial charge < -0.3 is 20.7 Å². The maximum absolute atomic E-state index is 13.2. The Kier molecular flexibility index (Phi) is 7.37. The Hall–Kier alpha value is -3.57. The van der Waals surface area contributed by atoms with Crippen molar-refractivity contribution >= 4 is 34.8 Å². The molecule has 196 valence electrons. The highest BCUT2D eigenvalue weighted by Crippen LogP contribution is 2.32. The SMILES string of the molecule is CC(CNC(=O)OC(C)(C)C)n1c(Nc2cccc(C(F)(F)F)c2)nc2cnc(NC(C)(C)C)nc21. The lowest BCUT2D eigenvalue weighted by atomic mass is 10.1. The molecule has 0 radical (unpaired) electrons. The lowest BCUT2D eigenvalue weighted by molar-refractivity contribution is -0.137. The smallest absolute Gasteiger partial charge is 0.416 e. The van der Waals surface area contributed by atoms with Gasteiger partial charge in [-0.2, -0.15) is 18.2 Å². The van der Waals surface area contributed by atoms with Gasteiger partial charge >= 0.3 is 12.3 Å². The van der Waals surface area contributed by atoms with Gasteiger partial charge in [-0.25, -0.2) is 14.8 Å². The minimum Gasteiger partial charge on any atom is -0.444 e. The van der Waals surface area contributed by atoms with E-state index < -0.39 is 29.5 Å². The van der Waals surface area contributed by atoms with Crippen LogP contribution < -0.4 is 16.0 Å². The first-order valence-electron chi connectivity index (χ1n) is 11.5. The highest BCUT2D eigenvalue weighted by atomic mass is 19.4. The van der Waals surface area contributed by atoms with Crippen LogP contribution in [0.4, 0.5) is 35.5 Å². The van der Waals surface area contributed by atoms with E-state index in [0.29, 0.717) is 17.1 Å². The molecule has 9 nitrogen and oxygen atoms in total. The molecule has 2 heterocycles. The predicted octanol–water partition coefficient (Wildman–Crippen LogP) is 5.88. The summed E-state index contributed by atoms with van der Waals surface area (Å²) in [7, 11) is 0. The van der Waals surface area contributed by atoms with Gasteiger partial charge in [-0.15, -0.1) is 0 Å². The van der Waals surface area contributed by atoms with Gasteiger partial charge in [-0.1, -0.05) is 6.07 Å². The van der Waals surface area contributed by atoms with Gasteiger partial charge in [0.15, 0.2) is 5.65 Å². The van der Waals surface area contributed by atoms with Crippen molar-refractivity contribution in [1.82, 2.24) is 24.8 Å². The molecule has 36 heavy (non-hydrogen) atoms. The quantitative estimate of drug-likeness (QED) is 0.382. The zero-order valence-corrected chi connectivity index (χ0v) is 21.4. The fourth-order valence-electron chi connectivity index (χ4n) is 3.33. The fraction of sp³-hybridized carbons (Fsp3) is 0.500. The van der Waals surface area contributed by atoms with Gasteiger partial charge in [0.05, 0.1) is 17.8 Å². The van der Waals surface area contributed by atoms with Crippen LogP contribution in [0.15, 0.2) is 30.5 Å². The largest absolute Gasteiger partial charge is 0.444 e. The summed E-state index contributed by atoms with van der Waals surface area (Å²) in [5.74, 6) is 0.624. The molecule has 1 aromatic carbocycles. The zero-order valence-electron chi connectivity index (χ0n) is 21.4. The number of aromatic nitrogens is 4. The summed E-state index contributed by atoms with van der Waals surface area (Å²) < 4.78 is 46.7. The van der Waals surface area contributed by atoms with Crippen LogP contribution in [0.3, 0.4) is 0 Å². The van der Waals surface area contributed by atoms with Crippen LogP contribution >= 0.6 is 0 Å². The summed E-state index contributed by atoms with van der Waals surface area (Å²) in [5, 5.41) is 8.89. The van der Waals surface area contributed by atoms with Gasteiger partial charge in [0.2, 0.25) is 11.9 Å². The van der Waals surface area contributed by atoms with E-state index in [1.165, 1.54) is 18.3 Å². The summed E-state index contributed by atoms with van der Waals surface area (Å²) in [6.07, 6.45) is -3.53. The molecule has 0 saturated carbocycles. The molecule has 0 aliphatic rings. The number of amides is 1. The van der Waals surface area contributed by atoms with Crippen molar-refractivity contribution < 1.29 is 22.7 Å². The van der Waals surface area contributed by atoms with Gasteiger partial charge in [-0.05, 0) is 66.7 Å². The summed E-state index contributed by atoms with van der Waals surface area (Å²) in [5.41, 5.74) is -0.660. The molecule has 2 aromatic heterocycles. The number of halogens is 3. The van der Waals surface area contributed by atoms with Crippen molar-refractivity contribution in [1.29, 1.82) is 0 Å². The average Bonchev–Trinajstić information content (AvgIpc) is 3.06. The topological polar surface area (TPSA) is 106 Å². The molecular formula is C24H32F3N7O2. The number of imidazole rings is 1. The molecule has 3 N–H and O–H groups in total. The average molecular weight is 508 g/mol. The lowest BCUT2D eigenvalue weighted by Crippen LogP contribution is -2.35. The van der Waals surface area contributed by atoms with E-state index in [2.05, 4.69) is 30.9 Å². The van der Waals surface area contributed by atoms with Gasteiger partial charge in [0.25, 0.3) is 0 Å². The molecule has 1 amide bonds. The third kappa shape index (κ3) is 7.22. The zero-order chi connectivity index (χ0) is 26.9. The normalized spacial score (nSPS) is 13.4. The van der Waals surface area contributed by atoms with Gasteiger partial charge in [-0.3, -0.25) is 4.57 Å². The summed E-state index contributed by atoms with van der Waals surface area (Å²) in [6, 6.07) is 4.44. The number of anilines is 3. The minimum atomic E-state index is -4.48. The minimum absolute atomic E-state index is 0.156. The summed E-state index contributed by atoms with van der Waals surface area (Å²) in [6.45, 7) is 13.2. The van der Waals surface area contributed by atoms with Crippen molar-refractivity contribution in [3.05, 3.63) is 36.0 Å². The standard InChI is InChI=1S/C24H32F3N7O2/c1-14(12-29-21(35)36-23(5,6)7)34-18-17(13-28-19(32-18)33-22(2,3)4)31-20(34)30-16-10-8-9-15(11-16)24(25,26)27/h8-11,13-14H,12H2,1-7H3,(H,29,35)(H,30,31)(H,28,32,33). The van der Waals surface area contributed by atoms with Crippen molar-refractivity contribution in [2.45, 2.75) is 71.8 Å². The Balaban J connectivity index is 1.99. The molecule has 0 bridgehead atoms. The molecule has 3 aromatic rings. The number of carbonyl (C=O) groups is 1. The highest BCUT2D eigenvalue weighted by molar-refractivity contribution is 5.77. The number of carbonyl (C=O) groups excluding carboxylic acids is 1. The Morgan fingerprint density at radius 1 is 1.11 bits per heavy atom. The first-order valence-corrected chi connectivity index (χ1v) is 11.5. The number of fused-ring (bicyclic) bond motifs is 1. The first kappa shape index (κ1) is 27.0. The molecule has 0 aliphatic carbocycles. The third-order valence-corrected chi connectivity index (χ3v) is 4.75. The number of hydrogen-bond acceptors (Lipinski definition) is 7. The van der Waals surface area contributed by atoms with Crippen molar-refractivity contribution in [3.63, 3.8) is 0 Å². The van der Waals surface area contributed by atoms with E-state index in [1.807, 2.05) is 27.7 Å². The molecule has 3 rings (SSSR count). The predicted molar refractivity (Wildman–Crippen MR) is 132 cm³/mol. The van der Waals surface area contributed by atoms with E-state index in [4.69, 9.17) is 4.74 Å². The van der Waals surface area contributed by atoms with E-state index in [9.17, 15) is 18.0 Å². The van der Waals surface area contributed by atoms with E-state index >= 15 is 0 Å². The van der Waals surface area contributed by atoms with Crippen LogP contribution in [-0.4, -0.2) is 43.3 Å². The summed E-state index contributed by atoms with van der Waals surface area (Å²) in [4.78, 5) is 25.6. The Morgan fingerprint density at radius 2 is 1.81 bits per heavy atom. The Morgan fingerprint density at radius 3 is 2.42 bits per heavy atom. The van der Waals surface area contributed by atoms with E-state index in [1.54, 1.807) is 25.3 Å². The van der Waals surface area contributed by atoms with Crippen LogP contribution in [0.25, 0.3) is 11.2 Å². The molecular weight excluding hydrogens is 475 g/mol. The van der Waals surface area contributed by atoms with Crippen LogP contribution in [-0.2, 0) is 10.9 Å². The fourth-order valence-corrected chi connectivity index (χ4v) is 3.33. The van der Waals surface area contributed by atoms with Crippen molar-refractivity contribution in [3.8, 4) is 0 Å². The Labute approximate surface area is 207 Å².